The molecule has 1 fully saturated rings. The molecule has 0 saturated heterocycles. The molecule has 21 heavy (non-hydrogen) atoms. The first-order valence-electron chi connectivity index (χ1n) is 7.65. The summed E-state index contributed by atoms with van der Waals surface area (Å²) in [5.74, 6) is 1.62. The molecule has 1 heterocycles. The highest BCUT2D eigenvalue weighted by Crippen LogP contribution is 2.32. The second-order valence-electron chi connectivity index (χ2n) is 6.29. The fraction of sp³-hybridized carbons (Fsp3) is 0.562. The Kier molecular flexibility index (Phi) is 4.07. The van der Waals surface area contributed by atoms with Gasteiger partial charge in [-0.3, -0.25) is 0 Å². The molecule has 2 aromatic rings. The molecule has 5 heteroatoms. The van der Waals surface area contributed by atoms with Gasteiger partial charge in [0.05, 0.1) is 16.1 Å². The van der Waals surface area contributed by atoms with Crippen LogP contribution in [-0.4, -0.2) is 9.55 Å². The first kappa shape index (κ1) is 14.6. The lowest BCUT2D eigenvalue weighted by molar-refractivity contribution is 0.270. The molecule has 114 valence electrons. The van der Waals surface area contributed by atoms with Gasteiger partial charge in [0.1, 0.15) is 5.82 Å². The Hall–Kier alpha value is -1.29. The number of imidazole rings is 1. The maximum absolute atomic E-state index is 13.7. The monoisotopic (exact) mass is 309 g/mol. The number of aryl methyl sites for hydroxylation is 1. The number of aromatic nitrogens is 2. The molecule has 0 amide bonds. The van der Waals surface area contributed by atoms with E-state index in [1.165, 1.54) is 31.7 Å². The van der Waals surface area contributed by atoms with Crippen LogP contribution in [0.2, 0.25) is 5.02 Å². The van der Waals surface area contributed by atoms with E-state index in [9.17, 15) is 4.39 Å². The van der Waals surface area contributed by atoms with Gasteiger partial charge in [0.15, 0.2) is 0 Å². The third-order valence-electron chi connectivity index (χ3n) is 4.72. The van der Waals surface area contributed by atoms with Gasteiger partial charge in [-0.15, -0.1) is 0 Å². The summed E-state index contributed by atoms with van der Waals surface area (Å²) in [7, 11) is 0. The molecule has 0 bridgehead atoms. The predicted octanol–water partition coefficient (Wildman–Crippen LogP) is 4.63. The zero-order valence-corrected chi connectivity index (χ0v) is 13.0. The van der Waals surface area contributed by atoms with E-state index >= 15 is 0 Å². The minimum atomic E-state index is -0.420. The smallest absolute Gasteiger partial charge is 0.201 e. The molecule has 0 spiro atoms. The van der Waals surface area contributed by atoms with Gasteiger partial charge in [-0.25, -0.2) is 9.37 Å². The maximum Gasteiger partial charge on any atom is 0.201 e. The van der Waals surface area contributed by atoms with Crippen LogP contribution in [0.4, 0.5) is 10.3 Å². The Balaban J connectivity index is 1.77. The van der Waals surface area contributed by atoms with E-state index in [-0.39, 0.29) is 5.02 Å². The highest BCUT2D eigenvalue weighted by Gasteiger charge is 2.19. The Morgan fingerprint density at radius 1 is 1.33 bits per heavy atom. The molecule has 1 aliphatic carbocycles. The number of halogens is 2. The van der Waals surface area contributed by atoms with Gasteiger partial charge in [0.25, 0.3) is 0 Å². The highest BCUT2D eigenvalue weighted by atomic mass is 35.5. The Morgan fingerprint density at radius 2 is 2.05 bits per heavy atom. The molecule has 3 nitrogen and oxygen atoms in total. The Labute approximate surface area is 129 Å². The number of nitrogens with two attached hydrogens (primary N) is 1. The van der Waals surface area contributed by atoms with Crippen LogP contribution in [0.1, 0.15) is 39.0 Å². The minimum Gasteiger partial charge on any atom is -0.369 e. The van der Waals surface area contributed by atoms with Gasteiger partial charge in [0, 0.05) is 12.6 Å². The van der Waals surface area contributed by atoms with Crippen LogP contribution in [0.15, 0.2) is 12.1 Å². The lowest BCUT2D eigenvalue weighted by Gasteiger charge is -2.26. The van der Waals surface area contributed by atoms with Crippen molar-refractivity contribution in [3.05, 3.63) is 23.0 Å². The molecule has 3 rings (SSSR count). The van der Waals surface area contributed by atoms with Crippen LogP contribution in [0.25, 0.3) is 11.0 Å². The molecule has 1 aromatic heterocycles. The number of benzene rings is 1. The van der Waals surface area contributed by atoms with Crippen molar-refractivity contribution in [2.45, 2.75) is 45.6 Å². The number of nitrogens with zero attached hydrogens (tertiary/aromatic N) is 2. The van der Waals surface area contributed by atoms with E-state index in [2.05, 4.69) is 11.9 Å². The summed E-state index contributed by atoms with van der Waals surface area (Å²) in [6.07, 6.45) is 6.28. The predicted molar refractivity (Wildman–Crippen MR) is 84.9 cm³/mol. The summed E-state index contributed by atoms with van der Waals surface area (Å²) in [6, 6.07) is 2.98. The first-order chi connectivity index (χ1) is 10.0. The molecule has 1 aromatic carbocycles. The van der Waals surface area contributed by atoms with Crippen LogP contribution in [-0.2, 0) is 6.54 Å². The van der Waals surface area contributed by atoms with Gasteiger partial charge < -0.3 is 10.3 Å². The molecular formula is C16H21ClFN3. The zero-order chi connectivity index (χ0) is 15.0. The van der Waals surface area contributed by atoms with Crippen molar-refractivity contribution in [1.29, 1.82) is 0 Å². The first-order valence-corrected chi connectivity index (χ1v) is 8.03. The molecule has 0 radical (unpaired) electrons. The quantitative estimate of drug-likeness (QED) is 0.898. The number of hydrogen-bond donors (Lipinski definition) is 1. The van der Waals surface area contributed by atoms with E-state index in [0.29, 0.717) is 11.5 Å². The van der Waals surface area contributed by atoms with Crippen molar-refractivity contribution in [1.82, 2.24) is 9.55 Å². The molecular weight excluding hydrogens is 289 g/mol. The summed E-state index contributed by atoms with van der Waals surface area (Å²) in [4.78, 5) is 4.28. The van der Waals surface area contributed by atoms with E-state index in [0.717, 1.165) is 30.3 Å². The van der Waals surface area contributed by atoms with E-state index in [1.54, 1.807) is 6.07 Å². The number of anilines is 1. The van der Waals surface area contributed by atoms with Gasteiger partial charge in [0.2, 0.25) is 5.95 Å². The lowest BCUT2D eigenvalue weighted by atomic mass is 9.81. The van der Waals surface area contributed by atoms with Crippen molar-refractivity contribution in [3.63, 3.8) is 0 Å². The van der Waals surface area contributed by atoms with Crippen molar-refractivity contribution >= 4 is 28.6 Å². The molecule has 0 aliphatic heterocycles. The summed E-state index contributed by atoms with van der Waals surface area (Å²) in [5.41, 5.74) is 7.38. The number of nitrogen functional groups attached to an aromatic ring is 1. The third-order valence-corrected chi connectivity index (χ3v) is 5.01. The zero-order valence-electron chi connectivity index (χ0n) is 12.3. The van der Waals surface area contributed by atoms with Gasteiger partial charge >= 0.3 is 0 Å². The normalized spacial score (nSPS) is 22.8. The van der Waals surface area contributed by atoms with Crippen molar-refractivity contribution in [3.8, 4) is 0 Å². The minimum absolute atomic E-state index is 0.0911. The van der Waals surface area contributed by atoms with Crippen molar-refractivity contribution in [2.24, 2.45) is 11.8 Å². The van der Waals surface area contributed by atoms with E-state index < -0.39 is 5.82 Å². The van der Waals surface area contributed by atoms with E-state index in [4.69, 9.17) is 17.3 Å². The summed E-state index contributed by atoms with van der Waals surface area (Å²) in [5, 5.41) is 0.0911. The molecule has 1 saturated carbocycles. The second-order valence-corrected chi connectivity index (χ2v) is 6.70. The Morgan fingerprint density at radius 3 is 2.76 bits per heavy atom. The van der Waals surface area contributed by atoms with Gasteiger partial charge in [-0.05, 0) is 24.3 Å². The van der Waals surface area contributed by atoms with E-state index in [1.807, 2.05) is 4.57 Å². The standard InChI is InChI=1S/C16H21ClFN3/c1-10-2-4-11(5-3-10)6-7-21-15-9-13(18)12(17)8-14(15)20-16(21)19/h8-11H,2-7H2,1H3,(H2,19,20). The van der Waals surface area contributed by atoms with Crippen LogP contribution in [0.5, 0.6) is 0 Å². The fourth-order valence-corrected chi connectivity index (χ4v) is 3.46. The summed E-state index contributed by atoms with van der Waals surface area (Å²) >= 11 is 5.80. The van der Waals surface area contributed by atoms with Crippen LogP contribution >= 0.6 is 11.6 Å². The number of hydrogen-bond acceptors (Lipinski definition) is 2. The Bertz CT molecular complexity index is 644. The molecule has 0 atom stereocenters. The van der Waals surface area contributed by atoms with Crippen LogP contribution < -0.4 is 5.73 Å². The summed E-state index contributed by atoms with van der Waals surface area (Å²) < 4.78 is 15.6. The topological polar surface area (TPSA) is 43.8 Å². The third kappa shape index (κ3) is 3.00. The number of rotatable bonds is 3. The van der Waals surface area contributed by atoms with Gasteiger partial charge in [-0.2, -0.15) is 0 Å². The fourth-order valence-electron chi connectivity index (χ4n) is 3.30. The number of fused-ring (bicyclic) bond motifs is 1. The lowest BCUT2D eigenvalue weighted by Crippen LogP contribution is -2.15. The molecule has 2 N–H and O–H groups in total. The van der Waals surface area contributed by atoms with Crippen molar-refractivity contribution < 1.29 is 4.39 Å². The SMILES string of the molecule is CC1CCC(CCn2c(N)nc3cc(Cl)c(F)cc32)CC1. The summed E-state index contributed by atoms with van der Waals surface area (Å²) in [6.45, 7) is 3.12. The van der Waals surface area contributed by atoms with Crippen LogP contribution in [0.3, 0.4) is 0 Å². The van der Waals surface area contributed by atoms with Crippen LogP contribution in [0, 0.1) is 17.7 Å². The average Bonchev–Trinajstić information content (AvgIpc) is 2.74. The van der Waals surface area contributed by atoms with Crippen molar-refractivity contribution in [2.75, 3.05) is 5.73 Å². The average molecular weight is 310 g/mol. The van der Waals surface area contributed by atoms with Gasteiger partial charge in [-0.1, -0.05) is 44.2 Å². The largest absolute Gasteiger partial charge is 0.369 e. The highest BCUT2D eigenvalue weighted by molar-refractivity contribution is 6.31. The maximum atomic E-state index is 13.7. The molecule has 1 aliphatic rings. The second kappa shape index (κ2) is 5.84. The molecule has 0 unspecified atom stereocenters.